The minimum Gasteiger partial charge on any atom is -0.326 e. The molecule has 2 N–H and O–H groups in total. The quantitative estimate of drug-likeness (QED) is 0.598. The van der Waals surface area contributed by atoms with Crippen LogP contribution in [0.2, 0.25) is 0 Å². The number of anilines is 4. The van der Waals surface area contributed by atoms with Crippen molar-refractivity contribution in [2.45, 2.75) is 20.0 Å². The Hall–Kier alpha value is -4.21. The molecule has 0 saturated heterocycles. The number of fused-ring (bicyclic) bond motifs is 1. The number of nitrogens with one attached hydrogen (secondary N) is 2. The molecule has 0 radical (unpaired) electrons. The van der Waals surface area contributed by atoms with Gasteiger partial charge in [-0.25, -0.2) is 4.68 Å². The fourth-order valence-corrected chi connectivity index (χ4v) is 3.36. The first kappa shape index (κ1) is 20.1. The summed E-state index contributed by atoms with van der Waals surface area (Å²) < 4.78 is 2.21. The molecule has 2 aromatic carbocycles. The second-order valence-electron chi connectivity index (χ2n) is 7.01. The van der Waals surface area contributed by atoms with E-state index in [0.29, 0.717) is 30.4 Å². The highest BCUT2D eigenvalue weighted by Gasteiger charge is 2.26. The highest BCUT2D eigenvalue weighted by atomic mass is 16.2. The molecule has 31 heavy (non-hydrogen) atoms. The molecule has 10 heteroatoms. The van der Waals surface area contributed by atoms with E-state index in [4.69, 9.17) is 0 Å². The summed E-state index contributed by atoms with van der Waals surface area (Å²) in [7, 11) is 0. The summed E-state index contributed by atoms with van der Waals surface area (Å²) in [6.07, 6.45) is 0. The van der Waals surface area contributed by atoms with E-state index >= 15 is 0 Å². The molecule has 0 unspecified atom stereocenters. The molecular weight excluding hydrogens is 400 g/mol. The highest BCUT2D eigenvalue weighted by Crippen LogP contribution is 2.25. The van der Waals surface area contributed by atoms with Crippen molar-refractivity contribution in [1.82, 2.24) is 14.3 Å². The van der Waals surface area contributed by atoms with Gasteiger partial charge in [-0.2, -0.15) is 0 Å². The number of nitrogens with zero attached hydrogens (tertiary/aromatic N) is 4. The predicted octanol–water partition coefficient (Wildman–Crippen LogP) is 1.15. The van der Waals surface area contributed by atoms with Gasteiger partial charge >= 0.3 is 11.1 Å². The first-order chi connectivity index (χ1) is 14.9. The normalized spacial score (nSPS) is 12.4. The van der Waals surface area contributed by atoms with E-state index in [0.717, 1.165) is 10.4 Å². The van der Waals surface area contributed by atoms with Gasteiger partial charge in [0.2, 0.25) is 17.8 Å². The zero-order valence-electron chi connectivity index (χ0n) is 16.7. The standard InChI is InChI=1S/C21H20N6O4/c1-14(28)22-15-7-9-16(10-8-15)23-18(29)13-27-20(31)19(30)26-12-11-25(21(26)24-27)17-5-3-2-4-6-17/h2-10H,11-13H2,1H3,(H,22,28)(H,23,29). The zero-order chi connectivity index (χ0) is 22.0. The second kappa shape index (κ2) is 8.27. The second-order valence-corrected chi connectivity index (χ2v) is 7.01. The Kier molecular flexibility index (Phi) is 5.35. The number of hydrogen-bond donors (Lipinski definition) is 2. The van der Waals surface area contributed by atoms with Crippen LogP contribution in [-0.2, 0) is 22.7 Å². The monoisotopic (exact) mass is 420 g/mol. The van der Waals surface area contributed by atoms with Crippen LogP contribution < -0.4 is 26.7 Å². The summed E-state index contributed by atoms with van der Waals surface area (Å²) in [5, 5.41) is 9.57. The number of carbonyl (C=O) groups is 2. The van der Waals surface area contributed by atoms with E-state index in [-0.39, 0.29) is 5.91 Å². The van der Waals surface area contributed by atoms with Crippen LogP contribution in [0.15, 0.2) is 64.2 Å². The van der Waals surface area contributed by atoms with Crippen LogP contribution in [0, 0.1) is 0 Å². The molecule has 158 valence electrons. The van der Waals surface area contributed by atoms with Crippen molar-refractivity contribution in [2.75, 3.05) is 22.1 Å². The molecule has 2 amide bonds. The molecule has 0 fully saturated rings. The molecule has 1 aliphatic rings. The van der Waals surface area contributed by atoms with Gasteiger partial charge < -0.3 is 15.5 Å². The van der Waals surface area contributed by atoms with Gasteiger partial charge in [0.1, 0.15) is 6.54 Å². The van der Waals surface area contributed by atoms with Gasteiger partial charge in [0.25, 0.3) is 0 Å². The number of amides is 2. The largest absolute Gasteiger partial charge is 0.333 e. The van der Waals surface area contributed by atoms with Crippen molar-refractivity contribution in [1.29, 1.82) is 0 Å². The first-order valence-electron chi connectivity index (χ1n) is 9.64. The van der Waals surface area contributed by atoms with Crippen LogP contribution in [-0.4, -0.2) is 32.7 Å². The minimum atomic E-state index is -0.852. The van der Waals surface area contributed by atoms with Gasteiger partial charge in [-0.05, 0) is 36.4 Å². The molecule has 4 rings (SSSR count). The van der Waals surface area contributed by atoms with Crippen LogP contribution in [0.25, 0.3) is 0 Å². The third kappa shape index (κ3) is 4.22. The average molecular weight is 420 g/mol. The Bertz CT molecular complexity index is 1250. The number of carbonyl (C=O) groups excluding carboxylic acids is 2. The van der Waals surface area contributed by atoms with Gasteiger partial charge in [-0.1, -0.05) is 18.2 Å². The van der Waals surface area contributed by atoms with Crippen molar-refractivity contribution in [2.24, 2.45) is 0 Å². The lowest BCUT2D eigenvalue weighted by molar-refractivity contribution is -0.117. The number of aromatic nitrogens is 3. The Labute approximate surface area is 176 Å². The summed E-state index contributed by atoms with van der Waals surface area (Å²) in [4.78, 5) is 50.3. The first-order valence-corrected chi connectivity index (χ1v) is 9.64. The molecule has 1 aromatic heterocycles. The Morgan fingerprint density at radius 2 is 1.55 bits per heavy atom. The lowest BCUT2D eigenvalue weighted by Gasteiger charge is -2.17. The van der Waals surface area contributed by atoms with Gasteiger partial charge in [0.05, 0.1) is 0 Å². The van der Waals surface area contributed by atoms with Crippen LogP contribution in [0.1, 0.15) is 6.92 Å². The Morgan fingerprint density at radius 3 is 2.19 bits per heavy atom. The number of hydrogen-bond acceptors (Lipinski definition) is 6. The Morgan fingerprint density at radius 1 is 0.903 bits per heavy atom. The van der Waals surface area contributed by atoms with Gasteiger partial charge in [0, 0.05) is 37.1 Å². The fourth-order valence-electron chi connectivity index (χ4n) is 3.36. The Balaban J connectivity index is 1.54. The fraction of sp³-hybridized carbons (Fsp3) is 0.190. The molecule has 0 bridgehead atoms. The maximum absolute atomic E-state index is 12.5. The maximum atomic E-state index is 12.5. The van der Waals surface area contributed by atoms with E-state index < -0.39 is 23.6 Å². The molecule has 10 nitrogen and oxygen atoms in total. The number of para-hydroxylation sites is 1. The van der Waals surface area contributed by atoms with Crippen molar-refractivity contribution >= 4 is 34.8 Å². The smallest absolute Gasteiger partial charge is 0.326 e. The van der Waals surface area contributed by atoms with Gasteiger partial charge in [0.15, 0.2) is 0 Å². The van der Waals surface area contributed by atoms with Gasteiger partial charge in [-0.15, -0.1) is 5.10 Å². The van der Waals surface area contributed by atoms with Crippen molar-refractivity contribution in [3.8, 4) is 0 Å². The van der Waals surface area contributed by atoms with Crippen molar-refractivity contribution in [3.63, 3.8) is 0 Å². The number of rotatable bonds is 5. The molecule has 0 spiro atoms. The van der Waals surface area contributed by atoms with Crippen LogP contribution in [0.3, 0.4) is 0 Å². The highest BCUT2D eigenvalue weighted by molar-refractivity contribution is 5.92. The summed E-state index contributed by atoms with van der Waals surface area (Å²) in [6.45, 7) is 1.85. The topological polar surface area (TPSA) is 118 Å². The number of benzene rings is 2. The van der Waals surface area contributed by atoms with E-state index in [1.165, 1.54) is 11.5 Å². The third-order valence-electron chi connectivity index (χ3n) is 4.75. The molecule has 0 aliphatic carbocycles. The molecule has 0 saturated carbocycles. The summed E-state index contributed by atoms with van der Waals surface area (Å²) >= 11 is 0. The van der Waals surface area contributed by atoms with Crippen LogP contribution >= 0.6 is 0 Å². The SMILES string of the molecule is CC(=O)Nc1ccc(NC(=O)Cn2nc3n(c(=O)c2=O)CCN3c2ccccc2)cc1. The van der Waals surface area contributed by atoms with Crippen LogP contribution in [0.5, 0.6) is 0 Å². The van der Waals surface area contributed by atoms with Gasteiger partial charge in [-0.3, -0.25) is 23.7 Å². The lowest BCUT2D eigenvalue weighted by Crippen LogP contribution is -2.44. The third-order valence-corrected chi connectivity index (χ3v) is 4.75. The van der Waals surface area contributed by atoms with E-state index in [1.54, 1.807) is 24.3 Å². The molecule has 0 atom stereocenters. The minimum absolute atomic E-state index is 0.199. The average Bonchev–Trinajstić information content (AvgIpc) is 3.17. The van der Waals surface area contributed by atoms with Crippen molar-refractivity contribution < 1.29 is 9.59 Å². The lowest BCUT2D eigenvalue weighted by atomic mass is 10.2. The molecule has 1 aliphatic heterocycles. The maximum Gasteiger partial charge on any atom is 0.333 e. The predicted molar refractivity (Wildman–Crippen MR) is 116 cm³/mol. The zero-order valence-corrected chi connectivity index (χ0v) is 16.7. The van der Waals surface area contributed by atoms with E-state index in [2.05, 4.69) is 15.7 Å². The van der Waals surface area contributed by atoms with Crippen LogP contribution in [0.4, 0.5) is 23.0 Å². The summed E-state index contributed by atoms with van der Waals surface area (Å²) in [5.74, 6) is -0.381. The summed E-state index contributed by atoms with van der Waals surface area (Å²) in [5.41, 5.74) is 0.354. The van der Waals surface area contributed by atoms with Crippen molar-refractivity contribution in [3.05, 3.63) is 75.3 Å². The van der Waals surface area contributed by atoms with E-state index in [1.807, 2.05) is 35.2 Å². The van der Waals surface area contributed by atoms with E-state index in [9.17, 15) is 19.2 Å². The molecular formula is C21H20N6O4. The summed E-state index contributed by atoms with van der Waals surface area (Å²) in [6, 6.07) is 15.9. The molecule has 2 heterocycles. The molecule has 3 aromatic rings.